The Kier molecular flexibility index (Phi) is 7.21. The van der Waals surface area contributed by atoms with Gasteiger partial charge in [0.2, 0.25) is 11.6 Å². The Labute approximate surface area is 238 Å². The molecule has 0 unspecified atom stereocenters. The van der Waals surface area contributed by atoms with E-state index in [1.165, 1.54) is 17.3 Å². The van der Waals surface area contributed by atoms with Gasteiger partial charge in [-0.1, -0.05) is 37.3 Å². The lowest BCUT2D eigenvalue weighted by Crippen LogP contribution is -2.40. The second-order valence-corrected chi connectivity index (χ2v) is 11.7. The number of hydrogen-bond donors (Lipinski definition) is 1. The number of ketones is 1. The molecular weight excluding hydrogens is 522 g/mol. The van der Waals surface area contributed by atoms with Crippen molar-refractivity contribution < 1.29 is 14.3 Å². The highest BCUT2D eigenvalue weighted by Gasteiger charge is 2.38. The minimum Gasteiger partial charge on any atom is -0.444 e. The maximum absolute atomic E-state index is 13.1. The Hall–Kier alpha value is -4.79. The summed E-state index contributed by atoms with van der Waals surface area (Å²) in [6.45, 7) is 11.1. The molecule has 5 rings (SSSR count). The summed E-state index contributed by atoms with van der Waals surface area (Å²) in [7, 11) is 0. The summed E-state index contributed by atoms with van der Waals surface area (Å²) in [5.74, 6) is 0.396. The van der Waals surface area contributed by atoms with Crippen molar-refractivity contribution in [1.82, 2.24) is 34.7 Å². The molecule has 0 spiro atoms. The maximum Gasteiger partial charge on any atom is 0.407 e. The van der Waals surface area contributed by atoms with E-state index in [1.807, 2.05) is 58.0 Å². The van der Waals surface area contributed by atoms with Crippen LogP contribution >= 0.6 is 0 Å². The highest BCUT2D eigenvalue weighted by atomic mass is 16.6. The van der Waals surface area contributed by atoms with Gasteiger partial charge in [0.25, 0.3) is 0 Å². The average molecular weight is 556 g/mol. The summed E-state index contributed by atoms with van der Waals surface area (Å²) in [6.07, 6.45) is 3.15. The number of hydrogen-bond acceptors (Lipinski definition) is 9. The molecule has 0 aliphatic carbocycles. The van der Waals surface area contributed by atoms with Gasteiger partial charge in [0.1, 0.15) is 42.3 Å². The summed E-state index contributed by atoms with van der Waals surface area (Å²) in [4.78, 5) is 36.1. The number of carbonyl (C=O) groups excluding carboxylic acids is 2. The molecule has 1 amide bonds. The van der Waals surface area contributed by atoms with E-state index < -0.39 is 11.7 Å². The fourth-order valence-electron chi connectivity index (χ4n) is 5.16. The lowest BCUT2D eigenvalue weighted by molar-refractivity contribution is 0.0507. The molecular formula is C29H33N9O3. The van der Waals surface area contributed by atoms with Crippen LogP contribution in [0.15, 0.2) is 43.0 Å². The smallest absolute Gasteiger partial charge is 0.407 e. The van der Waals surface area contributed by atoms with Gasteiger partial charge in [0.15, 0.2) is 5.65 Å². The predicted octanol–water partition coefficient (Wildman–Crippen LogP) is 3.79. The highest BCUT2D eigenvalue weighted by Crippen LogP contribution is 2.41. The molecule has 12 heteroatoms. The van der Waals surface area contributed by atoms with Crippen molar-refractivity contribution in [2.45, 2.75) is 53.2 Å². The van der Waals surface area contributed by atoms with Crippen molar-refractivity contribution in [2.24, 2.45) is 5.41 Å². The van der Waals surface area contributed by atoms with E-state index in [2.05, 4.69) is 43.4 Å². The van der Waals surface area contributed by atoms with Crippen molar-refractivity contribution in [1.29, 1.82) is 5.26 Å². The normalized spacial score (nSPS) is 17.0. The number of Topliss-reactive ketones (excluding diaryl/α,β-unsaturated/α-hetero) is 1. The second-order valence-electron chi connectivity index (χ2n) is 11.7. The molecule has 1 aliphatic heterocycles. The number of rotatable bonds is 7. The number of pyridine rings is 1. The number of nitrogens with zero attached hydrogens (tertiary/aromatic N) is 8. The molecule has 1 atom stereocenters. The van der Waals surface area contributed by atoms with Crippen LogP contribution in [0.2, 0.25) is 0 Å². The van der Waals surface area contributed by atoms with E-state index >= 15 is 0 Å². The number of amides is 1. The lowest BCUT2D eigenvalue weighted by Gasteiger charge is -2.28. The number of alkyl carbamates (subject to hydrolysis) is 1. The fraction of sp³-hybridized carbons (Fsp3) is 0.414. The third kappa shape index (κ3) is 5.75. The van der Waals surface area contributed by atoms with Gasteiger partial charge in [-0.25, -0.2) is 19.4 Å². The first-order valence-corrected chi connectivity index (χ1v) is 13.4. The number of benzene rings is 1. The van der Waals surface area contributed by atoms with Crippen LogP contribution in [0.5, 0.6) is 0 Å². The lowest BCUT2D eigenvalue weighted by atomic mass is 9.90. The van der Waals surface area contributed by atoms with Gasteiger partial charge in [-0.2, -0.15) is 14.9 Å². The third-order valence-electron chi connectivity index (χ3n) is 7.12. The zero-order valence-corrected chi connectivity index (χ0v) is 23.9. The van der Waals surface area contributed by atoms with Crippen LogP contribution in [0.25, 0.3) is 16.8 Å². The molecule has 1 N–H and O–H groups in total. The van der Waals surface area contributed by atoms with Crippen LogP contribution in [0.1, 0.15) is 55.9 Å². The zero-order chi connectivity index (χ0) is 29.4. The van der Waals surface area contributed by atoms with Gasteiger partial charge in [0.05, 0.1) is 0 Å². The number of anilines is 1. The zero-order valence-electron chi connectivity index (χ0n) is 23.9. The number of nitrogens with one attached hydrogen (secondary N) is 1. The average Bonchev–Trinajstić information content (AvgIpc) is 3.67. The molecule has 0 bridgehead atoms. The Morgan fingerprint density at radius 3 is 2.63 bits per heavy atom. The topological polar surface area (TPSA) is 143 Å². The molecule has 0 saturated carbocycles. The van der Waals surface area contributed by atoms with Crippen LogP contribution in [0, 0.1) is 23.7 Å². The van der Waals surface area contributed by atoms with Crippen LogP contribution in [0.3, 0.4) is 0 Å². The van der Waals surface area contributed by atoms with Gasteiger partial charge in [-0.15, -0.1) is 5.10 Å². The molecule has 4 aromatic rings. The van der Waals surface area contributed by atoms with Crippen molar-refractivity contribution >= 4 is 23.3 Å². The van der Waals surface area contributed by atoms with Crippen LogP contribution in [-0.2, 0) is 11.3 Å². The second kappa shape index (κ2) is 10.6. The van der Waals surface area contributed by atoms with Gasteiger partial charge < -0.3 is 15.0 Å². The van der Waals surface area contributed by atoms with Crippen molar-refractivity contribution in [2.75, 3.05) is 24.5 Å². The summed E-state index contributed by atoms with van der Waals surface area (Å²) in [5, 5.41) is 21.8. The first kappa shape index (κ1) is 27.8. The summed E-state index contributed by atoms with van der Waals surface area (Å²) >= 11 is 0. The molecule has 1 aliphatic rings. The predicted molar refractivity (Wildman–Crippen MR) is 151 cm³/mol. The monoisotopic (exact) mass is 555 g/mol. The van der Waals surface area contributed by atoms with E-state index in [4.69, 9.17) is 4.74 Å². The molecule has 4 heterocycles. The highest BCUT2D eigenvalue weighted by molar-refractivity contribution is 5.94. The van der Waals surface area contributed by atoms with E-state index in [0.717, 1.165) is 28.9 Å². The van der Waals surface area contributed by atoms with Crippen LogP contribution < -0.4 is 10.2 Å². The summed E-state index contributed by atoms with van der Waals surface area (Å²) < 4.78 is 8.46. The van der Waals surface area contributed by atoms with Crippen molar-refractivity contribution in [3.63, 3.8) is 0 Å². The SMILES string of the molecule is Cc1c(-c2ccccc2)c(N2CC[C@@](C)(CNC(=O)OC(C)(C)C)C2)n2nc(C(=O)Cn3cncn3)nc2c1C#N. The number of fused-ring (bicyclic) bond motifs is 1. The number of nitriles is 1. The minimum atomic E-state index is -0.584. The third-order valence-corrected chi connectivity index (χ3v) is 7.12. The van der Waals surface area contributed by atoms with E-state index in [1.54, 1.807) is 4.52 Å². The van der Waals surface area contributed by atoms with Crippen LogP contribution in [-0.4, -0.2) is 66.5 Å². The summed E-state index contributed by atoms with van der Waals surface area (Å²) in [5.41, 5.74) is 2.36. The van der Waals surface area contributed by atoms with Crippen LogP contribution in [0.4, 0.5) is 10.6 Å². The largest absolute Gasteiger partial charge is 0.444 e. The molecule has 3 aromatic heterocycles. The number of ether oxygens (including phenoxy) is 1. The van der Waals surface area contributed by atoms with E-state index in [0.29, 0.717) is 30.8 Å². The first-order valence-electron chi connectivity index (χ1n) is 13.4. The molecule has 212 valence electrons. The van der Waals surface area contributed by atoms with E-state index in [9.17, 15) is 14.9 Å². The summed E-state index contributed by atoms with van der Waals surface area (Å²) in [6, 6.07) is 12.1. The Bertz CT molecular complexity index is 1630. The maximum atomic E-state index is 13.1. The van der Waals surface area contributed by atoms with Gasteiger partial charge >= 0.3 is 6.09 Å². The Morgan fingerprint density at radius 1 is 1.22 bits per heavy atom. The van der Waals surface area contributed by atoms with E-state index in [-0.39, 0.29) is 23.6 Å². The van der Waals surface area contributed by atoms with Gasteiger partial charge in [-0.3, -0.25) is 4.79 Å². The number of carbonyl (C=O) groups is 2. The molecule has 41 heavy (non-hydrogen) atoms. The molecule has 0 radical (unpaired) electrons. The standard InChI is InChI=1S/C29H33N9O3/c1-19-21(13-30)25-34-24(22(39)14-37-18-31-17-33-37)35-38(25)26(23(19)20-9-7-6-8-10-20)36-12-11-29(5,16-36)15-32-27(40)41-28(2,3)4/h6-10,17-18H,11-12,14-16H2,1-5H3,(H,32,40)/t29-/m0/s1. The van der Waals surface area contributed by atoms with Crippen molar-refractivity contribution in [3.8, 4) is 17.2 Å². The molecule has 1 fully saturated rings. The first-order chi connectivity index (χ1) is 19.5. The fourth-order valence-corrected chi connectivity index (χ4v) is 5.16. The molecule has 1 aromatic carbocycles. The molecule has 12 nitrogen and oxygen atoms in total. The number of aromatic nitrogens is 6. The Balaban J connectivity index is 1.57. The Morgan fingerprint density at radius 2 is 1.98 bits per heavy atom. The van der Waals surface area contributed by atoms with Gasteiger partial charge in [-0.05, 0) is 45.2 Å². The minimum absolute atomic E-state index is 0.00332. The quantitative estimate of drug-likeness (QED) is 0.337. The molecule has 1 saturated heterocycles. The van der Waals surface area contributed by atoms with Crippen molar-refractivity contribution in [3.05, 3.63) is 59.9 Å². The van der Waals surface area contributed by atoms with Gasteiger partial charge in [0, 0.05) is 30.6 Å².